The lowest BCUT2D eigenvalue weighted by molar-refractivity contribution is 0.0601. The Morgan fingerprint density at radius 1 is 1.33 bits per heavy atom. The van der Waals surface area contributed by atoms with Gasteiger partial charge in [0.05, 0.1) is 25.2 Å². The van der Waals surface area contributed by atoms with Crippen LogP contribution in [0, 0.1) is 17.2 Å². The third-order valence-electron chi connectivity index (χ3n) is 4.31. The summed E-state index contributed by atoms with van der Waals surface area (Å²) >= 11 is 0. The minimum absolute atomic E-state index is 0.234. The SMILES string of the molecule is COC(=O)c1cnc(Nc2cnc(C#N)cn2)cc1NCC1CCCNC1. The first-order valence-electron chi connectivity index (χ1n) is 8.71. The molecule has 0 saturated carbocycles. The van der Waals surface area contributed by atoms with Crippen LogP contribution in [0.1, 0.15) is 28.9 Å². The van der Waals surface area contributed by atoms with Gasteiger partial charge >= 0.3 is 5.97 Å². The molecule has 2 aromatic heterocycles. The zero-order chi connectivity index (χ0) is 19.1. The fourth-order valence-corrected chi connectivity index (χ4v) is 2.88. The maximum atomic E-state index is 12.0. The Hall–Kier alpha value is -3.25. The van der Waals surface area contributed by atoms with E-state index in [9.17, 15) is 4.79 Å². The number of nitrogens with one attached hydrogen (secondary N) is 3. The highest BCUT2D eigenvalue weighted by Gasteiger charge is 2.17. The molecular formula is C18H21N7O2. The molecule has 9 nitrogen and oxygen atoms in total. The smallest absolute Gasteiger partial charge is 0.341 e. The van der Waals surface area contributed by atoms with E-state index in [1.807, 2.05) is 6.07 Å². The van der Waals surface area contributed by atoms with Gasteiger partial charge in [0.25, 0.3) is 0 Å². The van der Waals surface area contributed by atoms with Crippen molar-refractivity contribution >= 4 is 23.3 Å². The Morgan fingerprint density at radius 3 is 2.85 bits per heavy atom. The normalized spacial score (nSPS) is 16.2. The predicted molar refractivity (Wildman–Crippen MR) is 99.7 cm³/mol. The fourth-order valence-electron chi connectivity index (χ4n) is 2.88. The quantitative estimate of drug-likeness (QED) is 0.654. The van der Waals surface area contributed by atoms with E-state index < -0.39 is 5.97 Å². The van der Waals surface area contributed by atoms with Crippen molar-refractivity contribution in [1.82, 2.24) is 20.3 Å². The van der Waals surface area contributed by atoms with Crippen LogP contribution in [0.15, 0.2) is 24.7 Å². The number of pyridine rings is 1. The molecule has 1 aliphatic rings. The van der Waals surface area contributed by atoms with Crippen LogP contribution in [0.25, 0.3) is 0 Å². The number of carbonyl (C=O) groups excluding carboxylic acids is 1. The second-order valence-electron chi connectivity index (χ2n) is 6.22. The zero-order valence-corrected chi connectivity index (χ0v) is 15.0. The summed E-state index contributed by atoms with van der Waals surface area (Å²) in [5, 5.41) is 18.5. The fraction of sp³-hybridized carbons (Fsp3) is 0.389. The molecule has 1 saturated heterocycles. The van der Waals surface area contributed by atoms with Gasteiger partial charge in [0.1, 0.15) is 23.3 Å². The molecule has 0 radical (unpaired) electrons. The van der Waals surface area contributed by atoms with E-state index in [4.69, 9.17) is 10.00 Å². The Morgan fingerprint density at radius 2 is 2.19 bits per heavy atom. The number of anilines is 3. The third-order valence-corrected chi connectivity index (χ3v) is 4.31. The van der Waals surface area contributed by atoms with Gasteiger partial charge in [-0.3, -0.25) is 0 Å². The van der Waals surface area contributed by atoms with Crippen molar-refractivity contribution < 1.29 is 9.53 Å². The molecule has 2 aromatic rings. The van der Waals surface area contributed by atoms with Crippen molar-refractivity contribution in [3.8, 4) is 6.07 Å². The molecule has 1 aliphatic heterocycles. The van der Waals surface area contributed by atoms with Crippen molar-refractivity contribution in [2.75, 3.05) is 37.4 Å². The van der Waals surface area contributed by atoms with E-state index in [1.54, 1.807) is 6.07 Å². The van der Waals surface area contributed by atoms with Crippen LogP contribution < -0.4 is 16.0 Å². The van der Waals surface area contributed by atoms with Crippen LogP contribution in [0.3, 0.4) is 0 Å². The maximum Gasteiger partial charge on any atom is 0.341 e. The van der Waals surface area contributed by atoms with Crippen molar-refractivity contribution in [1.29, 1.82) is 5.26 Å². The largest absolute Gasteiger partial charge is 0.465 e. The number of hydrogen-bond donors (Lipinski definition) is 3. The molecule has 1 fully saturated rings. The summed E-state index contributed by atoms with van der Waals surface area (Å²) < 4.78 is 4.85. The number of rotatable bonds is 6. The number of nitriles is 1. The van der Waals surface area contributed by atoms with Gasteiger partial charge in [-0.05, 0) is 31.8 Å². The molecule has 0 aromatic carbocycles. The van der Waals surface area contributed by atoms with Gasteiger partial charge < -0.3 is 20.7 Å². The number of nitrogens with zero attached hydrogens (tertiary/aromatic N) is 4. The molecule has 27 heavy (non-hydrogen) atoms. The second kappa shape index (κ2) is 8.91. The van der Waals surface area contributed by atoms with Crippen molar-refractivity contribution in [3.05, 3.63) is 35.9 Å². The van der Waals surface area contributed by atoms with Gasteiger partial charge in [-0.15, -0.1) is 0 Å². The summed E-state index contributed by atoms with van der Waals surface area (Å²) in [4.78, 5) is 24.4. The summed E-state index contributed by atoms with van der Waals surface area (Å²) in [7, 11) is 1.34. The van der Waals surface area contributed by atoms with Crippen molar-refractivity contribution in [3.63, 3.8) is 0 Å². The van der Waals surface area contributed by atoms with E-state index in [2.05, 4.69) is 30.9 Å². The molecule has 0 bridgehead atoms. The minimum atomic E-state index is -0.448. The van der Waals surface area contributed by atoms with Gasteiger partial charge in [-0.25, -0.2) is 19.7 Å². The lowest BCUT2D eigenvalue weighted by atomic mass is 9.99. The number of hydrogen-bond acceptors (Lipinski definition) is 9. The van der Waals surface area contributed by atoms with Gasteiger partial charge in [0.2, 0.25) is 0 Å². The highest BCUT2D eigenvalue weighted by Crippen LogP contribution is 2.22. The van der Waals surface area contributed by atoms with Crippen LogP contribution >= 0.6 is 0 Å². The lowest BCUT2D eigenvalue weighted by Gasteiger charge is -2.24. The zero-order valence-electron chi connectivity index (χ0n) is 15.0. The number of ether oxygens (including phenoxy) is 1. The Balaban J connectivity index is 1.76. The number of carbonyl (C=O) groups is 1. The topological polar surface area (TPSA) is 125 Å². The first kappa shape index (κ1) is 18.5. The summed E-state index contributed by atoms with van der Waals surface area (Å²) in [6, 6.07) is 3.66. The highest BCUT2D eigenvalue weighted by atomic mass is 16.5. The van der Waals surface area contributed by atoms with E-state index >= 15 is 0 Å². The van der Waals surface area contributed by atoms with Gasteiger partial charge in [-0.1, -0.05) is 0 Å². The van der Waals surface area contributed by atoms with E-state index in [0.717, 1.165) is 32.5 Å². The average Bonchev–Trinajstić information content (AvgIpc) is 2.73. The molecule has 0 spiro atoms. The van der Waals surface area contributed by atoms with Gasteiger partial charge in [0, 0.05) is 18.8 Å². The molecule has 3 N–H and O–H groups in total. The number of piperidine rings is 1. The van der Waals surface area contributed by atoms with Crippen LogP contribution in [-0.4, -0.2) is 47.7 Å². The van der Waals surface area contributed by atoms with Crippen LogP contribution in [0.4, 0.5) is 17.3 Å². The minimum Gasteiger partial charge on any atom is -0.465 e. The first-order chi connectivity index (χ1) is 13.2. The average molecular weight is 367 g/mol. The molecule has 0 aliphatic carbocycles. The molecule has 1 atom stereocenters. The molecule has 9 heteroatoms. The summed E-state index contributed by atoms with van der Waals surface area (Å²) in [6.45, 7) is 2.76. The summed E-state index contributed by atoms with van der Waals surface area (Å²) in [5.74, 6) is 1.01. The number of methoxy groups -OCH3 is 1. The molecule has 140 valence electrons. The predicted octanol–water partition coefficient (Wildman–Crippen LogP) is 1.68. The number of esters is 1. The summed E-state index contributed by atoms with van der Waals surface area (Å²) in [6.07, 6.45) is 6.59. The van der Waals surface area contributed by atoms with Crippen LogP contribution in [-0.2, 0) is 4.74 Å². The Kier molecular flexibility index (Phi) is 6.12. The van der Waals surface area contributed by atoms with E-state index in [1.165, 1.54) is 25.7 Å². The monoisotopic (exact) mass is 367 g/mol. The Bertz CT molecular complexity index is 827. The van der Waals surface area contributed by atoms with Crippen molar-refractivity contribution in [2.45, 2.75) is 12.8 Å². The van der Waals surface area contributed by atoms with Gasteiger partial charge in [0.15, 0.2) is 5.69 Å². The maximum absolute atomic E-state index is 12.0. The Labute approximate surface area is 157 Å². The van der Waals surface area contributed by atoms with E-state index in [0.29, 0.717) is 28.8 Å². The standard InChI is InChI=1S/C18H21N7O2/c1-27-18(26)14-10-24-16(25-17-11-21-13(6-19)9-23-17)5-15(14)22-8-12-3-2-4-20-7-12/h5,9-12,20H,2-4,7-8H2,1H3,(H2,22,23,24,25). The molecular weight excluding hydrogens is 346 g/mol. The van der Waals surface area contributed by atoms with Crippen LogP contribution in [0.5, 0.6) is 0 Å². The lowest BCUT2D eigenvalue weighted by Crippen LogP contribution is -2.33. The third kappa shape index (κ3) is 4.89. The highest BCUT2D eigenvalue weighted by molar-refractivity contribution is 5.95. The van der Waals surface area contributed by atoms with Crippen LogP contribution in [0.2, 0.25) is 0 Å². The summed E-state index contributed by atoms with van der Waals surface area (Å²) in [5.41, 5.74) is 1.25. The molecule has 1 unspecified atom stereocenters. The molecule has 0 amide bonds. The van der Waals surface area contributed by atoms with Crippen molar-refractivity contribution in [2.24, 2.45) is 5.92 Å². The van der Waals surface area contributed by atoms with Gasteiger partial charge in [-0.2, -0.15) is 5.26 Å². The number of aromatic nitrogens is 3. The molecule has 3 heterocycles. The second-order valence-corrected chi connectivity index (χ2v) is 6.22. The molecule has 3 rings (SSSR count). The van der Waals surface area contributed by atoms with E-state index in [-0.39, 0.29) is 5.69 Å². The first-order valence-corrected chi connectivity index (χ1v) is 8.71.